The average Bonchev–Trinajstić information content (AvgIpc) is 0.903. The Balaban J connectivity index is 5.20. The number of hydrogen-bond acceptors (Lipinski definition) is 15. The molecule has 636 valence electrons. The van der Waals surface area contributed by atoms with Gasteiger partial charge in [0.2, 0.25) is 0 Å². The maximum atomic E-state index is 13.2. The summed E-state index contributed by atoms with van der Waals surface area (Å²) in [5.41, 5.74) is 0. The number of aliphatic hydroxyl groups excluding tert-OH is 1. The van der Waals surface area contributed by atoms with E-state index in [1.807, 2.05) is 0 Å². The van der Waals surface area contributed by atoms with Gasteiger partial charge in [0.15, 0.2) is 12.2 Å². The quantitative estimate of drug-likeness (QED) is 0.0222. The summed E-state index contributed by atoms with van der Waals surface area (Å²) in [6.07, 6.45) is 72.4. The molecule has 5 atom stereocenters. The van der Waals surface area contributed by atoms with Crippen LogP contribution < -0.4 is 0 Å². The van der Waals surface area contributed by atoms with Gasteiger partial charge in [-0.15, -0.1) is 0 Å². The van der Waals surface area contributed by atoms with Gasteiger partial charge in [0, 0.05) is 25.7 Å². The first-order chi connectivity index (χ1) is 51.9. The number of carbonyl (C=O) groups excluding carboxylic acids is 4. The number of aliphatic hydroxyl groups is 1. The lowest BCUT2D eigenvalue weighted by Gasteiger charge is -2.21. The Labute approximate surface area is 658 Å². The summed E-state index contributed by atoms with van der Waals surface area (Å²) in [4.78, 5) is 73.2. The number of phosphoric acid groups is 2. The molecule has 17 nitrogen and oxygen atoms in total. The van der Waals surface area contributed by atoms with Crippen molar-refractivity contribution in [2.24, 2.45) is 11.8 Å². The number of hydrogen-bond donors (Lipinski definition) is 3. The predicted octanol–water partition coefficient (Wildman–Crippen LogP) is 27.0. The molecule has 2 unspecified atom stereocenters. The molecule has 19 heteroatoms. The van der Waals surface area contributed by atoms with E-state index in [0.717, 1.165) is 102 Å². The second kappa shape index (κ2) is 79.3. The van der Waals surface area contributed by atoms with Crippen LogP contribution in [0.4, 0.5) is 0 Å². The maximum absolute atomic E-state index is 13.2. The van der Waals surface area contributed by atoms with Gasteiger partial charge in [-0.05, 0) is 37.5 Å². The molecular formula is C88H172O17P2. The lowest BCUT2D eigenvalue weighted by Crippen LogP contribution is -2.30. The van der Waals surface area contributed by atoms with Gasteiger partial charge in [-0.3, -0.25) is 37.3 Å². The van der Waals surface area contributed by atoms with E-state index in [9.17, 15) is 43.2 Å². The first kappa shape index (κ1) is 105. The Morgan fingerprint density at radius 3 is 0.636 bits per heavy atom. The van der Waals surface area contributed by atoms with E-state index < -0.39 is 97.5 Å². The highest BCUT2D eigenvalue weighted by atomic mass is 31.2. The van der Waals surface area contributed by atoms with E-state index in [2.05, 4.69) is 41.5 Å². The van der Waals surface area contributed by atoms with Gasteiger partial charge >= 0.3 is 39.5 Å². The van der Waals surface area contributed by atoms with Gasteiger partial charge in [-0.25, -0.2) is 9.13 Å². The monoisotopic (exact) mass is 1560 g/mol. The molecule has 0 spiro atoms. The summed E-state index contributed by atoms with van der Waals surface area (Å²) in [7, 11) is -9.93. The van der Waals surface area contributed by atoms with Crippen LogP contribution in [0.3, 0.4) is 0 Å². The summed E-state index contributed by atoms with van der Waals surface area (Å²) in [6, 6.07) is 0. The maximum Gasteiger partial charge on any atom is 0.472 e. The topological polar surface area (TPSA) is 237 Å². The molecule has 0 heterocycles. The molecule has 3 N–H and O–H groups in total. The van der Waals surface area contributed by atoms with Crippen LogP contribution in [0.5, 0.6) is 0 Å². The van der Waals surface area contributed by atoms with E-state index in [1.54, 1.807) is 0 Å². The first-order valence-corrected chi connectivity index (χ1v) is 48.5. The van der Waals surface area contributed by atoms with Gasteiger partial charge in [0.1, 0.15) is 19.3 Å². The molecule has 0 saturated heterocycles. The number of carbonyl (C=O) groups is 4. The third kappa shape index (κ3) is 81.9. The van der Waals surface area contributed by atoms with Crippen molar-refractivity contribution in [3.05, 3.63) is 0 Å². The molecule has 0 aliphatic carbocycles. The molecule has 0 radical (unpaired) electrons. The molecule has 0 amide bonds. The average molecular weight is 1560 g/mol. The van der Waals surface area contributed by atoms with Crippen molar-refractivity contribution in [1.82, 2.24) is 0 Å². The normalized spacial score (nSPS) is 13.8. The van der Waals surface area contributed by atoms with Crippen LogP contribution >= 0.6 is 15.6 Å². The minimum Gasteiger partial charge on any atom is -0.462 e. The fourth-order valence-corrected chi connectivity index (χ4v) is 15.4. The van der Waals surface area contributed by atoms with Crippen LogP contribution in [-0.4, -0.2) is 96.7 Å². The Morgan fingerprint density at radius 1 is 0.252 bits per heavy atom. The van der Waals surface area contributed by atoms with Gasteiger partial charge in [0.05, 0.1) is 26.4 Å². The summed E-state index contributed by atoms with van der Waals surface area (Å²) >= 11 is 0. The lowest BCUT2D eigenvalue weighted by atomic mass is 10.0. The molecule has 0 bridgehead atoms. The van der Waals surface area contributed by atoms with Crippen molar-refractivity contribution in [3.8, 4) is 0 Å². The zero-order valence-electron chi connectivity index (χ0n) is 70.5. The Kier molecular flexibility index (Phi) is 77.9. The van der Waals surface area contributed by atoms with Crippen LogP contribution in [-0.2, 0) is 65.4 Å². The number of phosphoric ester groups is 2. The van der Waals surface area contributed by atoms with Crippen LogP contribution in [0.2, 0.25) is 0 Å². The third-order valence-electron chi connectivity index (χ3n) is 20.7. The minimum absolute atomic E-state index is 0.107. The van der Waals surface area contributed by atoms with Gasteiger partial charge in [-0.2, -0.15) is 0 Å². The molecule has 0 aliphatic rings. The van der Waals surface area contributed by atoms with Crippen molar-refractivity contribution in [1.29, 1.82) is 0 Å². The fourth-order valence-electron chi connectivity index (χ4n) is 13.8. The Hall–Kier alpha value is -1.94. The molecule has 0 saturated carbocycles. The second-order valence-electron chi connectivity index (χ2n) is 32.6. The second-order valence-corrected chi connectivity index (χ2v) is 35.5. The van der Waals surface area contributed by atoms with E-state index in [1.165, 1.54) is 289 Å². The van der Waals surface area contributed by atoms with Crippen molar-refractivity contribution >= 4 is 39.5 Å². The molecule has 107 heavy (non-hydrogen) atoms. The zero-order valence-corrected chi connectivity index (χ0v) is 72.2. The summed E-state index contributed by atoms with van der Waals surface area (Å²) in [6.45, 7) is 9.70. The highest BCUT2D eigenvalue weighted by molar-refractivity contribution is 7.47. The number of rotatable bonds is 87. The Morgan fingerprint density at radius 2 is 0.430 bits per heavy atom. The summed E-state index contributed by atoms with van der Waals surface area (Å²) in [5, 5.41) is 10.7. The van der Waals surface area contributed by atoms with Crippen LogP contribution in [0.15, 0.2) is 0 Å². The van der Waals surface area contributed by atoms with Crippen molar-refractivity contribution in [2.45, 2.75) is 490 Å². The van der Waals surface area contributed by atoms with Crippen molar-refractivity contribution in [2.75, 3.05) is 39.6 Å². The smallest absolute Gasteiger partial charge is 0.462 e. The lowest BCUT2D eigenvalue weighted by molar-refractivity contribution is -0.161. The van der Waals surface area contributed by atoms with E-state index in [0.29, 0.717) is 25.7 Å². The van der Waals surface area contributed by atoms with E-state index in [-0.39, 0.29) is 25.7 Å². The highest BCUT2D eigenvalue weighted by Crippen LogP contribution is 2.45. The fraction of sp³-hybridized carbons (Fsp3) is 0.955. The highest BCUT2D eigenvalue weighted by Gasteiger charge is 2.30. The zero-order chi connectivity index (χ0) is 78.5. The third-order valence-corrected chi connectivity index (χ3v) is 22.6. The predicted molar refractivity (Wildman–Crippen MR) is 442 cm³/mol. The standard InChI is InChI=1S/C88H172O17P2/c1-7-9-11-13-15-17-19-20-21-22-23-24-25-26-31-34-37-42-48-54-60-66-72-87(92)104-84(77-99-86(91)71-65-59-53-47-41-36-33-30-28-27-29-32-35-39-44-50-56-62-68-80(3)4)79-103-107(96,97)101-75-82(89)74-100-106(94,95)102-78-83(76-98-85(90)70-64-58-52-46-18-16-14-12-10-8-2)105-88(93)73-67-61-55-49-43-38-40-45-51-57-63-69-81(5)6/h80-84,89H,7-79H2,1-6H3,(H,94,95)(H,96,97)/t82-,83+,84+/m0/s1. The van der Waals surface area contributed by atoms with Crippen molar-refractivity contribution in [3.63, 3.8) is 0 Å². The number of esters is 4. The van der Waals surface area contributed by atoms with Gasteiger partial charge in [0.25, 0.3) is 0 Å². The summed E-state index contributed by atoms with van der Waals surface area (Å²) in [5.74, 6) is -0.513. The van der Waals surface area contributed by atoms with Gasteiger partial charge < -0.3 is 33.8 Å². The van der Waals surface area contributed by atoms with Gasteiger partial charge in [-0.1, -0.05) is 420 Å². The summed E-state index contributed by atoms with van der Waals surface area (Å²) < 4.78 is 68.9. The molecule has 0 aliphatic heterocycles. The van der Waals surface area contributed by atoms with E-state index >= 15 is 0 Å². The number of ether oxygens (including phenoxy) is 4. The molecule has 0 rings (SSSR count). The first-order valence-electron chi connectivity index (χ1n) is 45.5. The Bertz CT molecular complexity index is 2050. The molecule has 0 aromatic heterocycles. The van der Waals surface area contributed by atoms with Crippen molar-refractivity contribution < 1.29 is 80.2 Å². The molecule has 0 aromatic carbocycles. The largest absolute Gasteiger partial charge is 0.472 e. The molecule has 0 fully saturated rings. The van der Waals surface area contributed by atoms with E-state index in [4.69, 9.17) is 37.0 Å². The molecule has 0 aromatic rings. The molecular weight excluding hydrogens is 1390 g/mol. The van der Waals surface area contributed by atoms with Crippen LogP contribution in [0.1, 0.15) is 472 Å². The minimum atomic E-state index is -4.97. The van der Waals surface area contributed by atoms with Crippen LogP contribution in [0, 0.1) is 11.8 Å². The SMILES string of the molecule is CCCCCCCCCCCCCCCCCCCCCCCCC(=O)O[C@H](COC(=O)CCCCCCCCCCCCCCCCCCCCC(C)C)COP(=O)(O)OC[C@@H](O)COP(=O)(O)OC[C@@H](COC(=O)CCCCCCCCCCCC)OC(=O)CCCCCCCCCCCCCC(C)C. The van der Waals surface area contributed by atoms with Crippen LogP contribution in [0.25, 0.3) is 0 Å². The number of unbranched alkanes of at least 4 members (excludes halogenated alkanes) is 57.